The number of carbonyl (C=O) groups excluding carboxylic acids is 4. The molecular weight excluding hydrogens is 424 g/mol. The number of benzene rings is 2. The molecule has 33 heavy (non-hydrogen) atoms. The molecule has 1 fully saturated rings. The second-order valence-corrected chi connectivity index (χ2v) is 8.38. The number of esters is 1. The van der Waals surface area contributed by atoms with Gasteiger partial charge in [0.1, 0.15) is 12.3 Å². The number of imide groups is 1. The number of likely N-dealkylation sites (tertiary alicyclic amines) is 1. The van der Waals surface area contributed by atoms with Crippen molar-refractivity contribution in [2.45, 2.75) is 19.4 Å². The van der Waals surface area contributed by atoms with Crippen LogP contribution in [0.4, 0.5) is 0 Å². The topological polar surface area (TPSA) is 93.2 Å². The predicted octanol–water partition coefficient (Wildman–Crippen LogP) is 2.30. The fraction of sp³-hybridized carbons (Fsp3) is 0.360. The zero-order chi connectivity index (χ0) is 23.5. The standard InChI is InChI=1S/C25H26N2O6/c1-26(13-16-7-8-18-12-19(32-2)10-9-17(18)11-16)22(28)15-33-23(29)14-27-24(30)20-5-3-4-6-21(20)25(27)31/h3-4,7-12,20-21H,5-6,13-15H2,1-2H3. The van der Waals surface area contributed by atoms with Gasteiger partial charge < -0.3 is 14.4 Å². The molecule has 0 spiro atoms. The lowest BCUT2D eigenvalue weighted by atomic mass is 9.85. The van der Waals surface area contributed by atoms with Crippen molar-refractivity contribution < 1.29 is 28.7 Å². The van der Waals surface area contributed by atoms with Gasteiger partial charge in [-0.2, -0.15) is 0 Å². The Morgan fingerprint density at radius 3 is 2.30 bits per heavy atom. The van der Waals surface area contributed by atoms with Gasteiger partial charge in [-0.05, 0) is 47.4 Å². The molecule has 0 aromatic heterocycles. The van der Waals surface area contributed by atoms with Gasteiger partial charge in [-0.25, -0.2) is 0 Å². The second kappa shape index (κ2) is 9.44. The molecule has 2 unspecified atom stereocenters. The summed E-state index contributed by atoms with van der Waals surface area (Å²) in [7, 11) is 3.24. The summed E-state index contributed by atoms with van der Waals surface area (Å²) in [6.45, 7) is -0.571. The lowest BCUT2D eigenvalue weighted by Gasteiger charge is -2.18. The number of fused-ring (bicyclic) bond motifs is 2. The molecule has 4 rings (SSSR count). The molecular formula is C25H26N2O6. The van der Waals surface area contributed by atoms with E-state index in [1.165, 1.54) is 4.90 Å². The number of amides is 3. The van der Waals surface area contributed by atoms with Gasteiger partial charge >= 0.3 is 5.97 Å². The van der Waals surface area contributed by atoms with Crippen molar-refractivity contribution in [1.29, 1.82) is 0 Å². The summed E-state index contributed by atoms with van der Waals surface area (Å²) in [5, 5.41) is 2.05. The van der Waals surface area contributed by atoms with Crippen LogP contribution in [0, 0.1) is 11.8 Å². The third kappa shape index (κ3) is 4.74. The zero-order valence-corrected chi connectivity index (χ0v) is 18.7. The largest absolute Gasteiger partial charge is 0.497 e. The molecule has 172 valence electrons. The highest BCUT2D eigenvalue weighted by Gasteiger charge is 2.47. The van der Waals surface area contributed by atoms with Gasteiger partial charge in [-0.3, -0.25) is 24.1 Å². The highest BCUT2D eigenvalue weighted by atomic mass is 16.5. The van der Waals surface area contributed by atoms with Crippen LogP contribution in [0.2, 0.25) is 0 Å². The Morgan fingerprint density at radius 1 is 1.00 bits per heavy atom. The fourth-order valence-corrected chi connectivity index (χ4v) is 4.31. The molecule has 1 saturated heterocycles. The van der Waals surface area contributed by atoms with Crippen molar-refractivity contribution in [3.63, 3.8) is 0 Å². The van der Waals surface area contributed by atoms with Crippen molar-refractivity contribution in [2.75, 3.05) is 27.3 Å². The molecule has 0 N–H and O–H groups in total. The molecule has 0 radical (unpaired) electrons. The van der Waals surface area contributed by atoms with E-state index in [1.54, 1.807) is 14.2 Å². The van der Waals surface area contributed by atoms with Gasteiger partial charge in [0, 0.05) is 13.6 Å². The van der Waals surface area contributed by atoms with Crippen LogP contribution in [0.25, 0.3) is 10.8 Å². The molecule has 1 aliphatic carbocycles. The van der Waals surface area contributed by atoms with E-state index in [2.05, 4.69) is 0 Å². The number of ether oxygens (including phenoxy) is 2. The number of carbonyl (C=O) groups is 4. The monoisotopic (exact) mass is 450 g/mol. The smallest absolute Gasteiger partial charge is 0.326 e. The summed E-state index contributed by atoms with van der Waals surface area (Å²) in [6.07, 6.45) is 4.78. The summed E-state index contributed by atoms with van der Waals surface area (Å²) in [6, 6.07) is 11.6. The number of allylic oxidation sites excluding steroid dienone is 2. The Labute approximate surface area is 191 Å². The van der Waals surface area contributed by atoms with E-state index in [9.17, 15) is 19.2 Å². The van der Waals surface area contributed by atoms with E-state index in [4.69, 9.17) is 9.47 Å². The van der Waals surface area contributed by atoms with Crippen LogP contribution >= 0.6 is 0 Å². The highest BCUT2D eigenvalue weighted by molar-refractivity contribution is 6.07. The first kappa shape index (κ1) is 22.5. The van der Waals surface area contributed by atoms with Gasteiger partial charge in [0.05, 0.1) is 18.9 Å². The van der Waals surface area contributed by atoms with E-state index in [1.807, 2.05) is 48.6 Å². The van der Waals surface area contributed by atoms with E-state index in [-0.39, 0.29) is 17.7 Å². The van der Waals surface area contributed by atoms with Crippen LogP contribution in [-0.2, 0) is 30.5 Å². The Bertz CT molecular complexity index is 1110. The van der Waals surface area contributed by atoms with Crippen molar-refractivity contribution >= 4 is 34.5 Å². The molecule has 2 atom stereocenters. The summed E-state index contributed by atoms with van der Waals surface area (Å²) < 4.78 is 10.3. The lowest BCUT2D eigenvalue weighted by molar-refractivity contribution is -0.156. The Kier molecular flexibility index (Phi) is 6.44. The normalized spacial score (nSPS) is 19.5. The maximum atomic E-state index is 12.4. The molecule has 2 aromatic carbocycles. The average molecular weight is 450 g/mol. The molecule has 1 heterocycles. The maximum absolute atomic E-state index is 12.4. The number of methoxy groups -OCH3 is 1. The summed E-state index contributed by atoms with van der Waals surface area (Å²) in [4.78, 5) is 52.0. The fourth-order valence-electron chi connectivity index (χ4n) is 4.31. The van der Waals surface area contributed by atoms with E-state index < -0.39 is 31.0 Å². The molecule has 2 aromatic rings. The van der Waals surface area contributed by atoms with E-state index >= 15 is 0 Å². The average Bonchev–Trinajstić information content (AvgIpc) is 3.07. The molecule has 0 saturated carbocycles. The quantitative estimate of drug-likeness (QED) is 0.365. The SMILES string of the molecule is COc1ccc2cc(CN(C)C(=O)COC(=O)CN3C(=O)C4CC=CCC4C3=O)ccc2c1. The number of likely N-dealkylation sites (N-methyl/N-ethyl adjacent to an activating group) is 1. The first-order chi connectivity index (χ1) is 15.9. The van der Waals surface area contributed by atoms with Gasteiger partial charge in [-0.15, -0.1) is 0 Å². The van der Waals surface area contributed by atoms with E-state index in [0.29, 0.717) is 19.4 Å². The number of nitrogens with zero attached hydrogens (tertiary/aromatic N) is 2. The van der Waals surface area contributed by atoms with Crippen molar-refractivity contribution in [3.8, 4) is 5.75 Å². The Hall–Kier alpha value is -3.68. The third-order valence-corrected chi connectivity index (χ3v) is 6.20. The van der Waals surface area contributed by atoms with Crippen molar-refractivity contribution in [3.05, 3.63) is 54.1 Å². The van der Waals surface area contributed by atoms with Crippen molar-refractivity contribution in [1.82, 2.24) is 9.80 Å². The molecule has 8 heteroatoms. The van der Waals surface area contributed by atoms with Crippen LogP contribution in [0.5, 0.6) is 5.75 Å². The number of hydrogen-bond acceptors (Lipinski definition) is 6. The Morgan fingerprint density at radius 2 is 1.64 bits per heavy atom. The third-order valence-electron chi connectivity index (χ3n) is 6.20. The minimum absolute atomic E-state index is 0.344. The van der Waals surface area contributed by atoms with Gasteiger partial charge in [0.2, 0.25) is 11.8 Å². The maximum Gasteiger partial charge on any atom is 0.326 e. The zero-order valence-electron chi connectivity index (χ0n) is 18.7. The number of hydrogen-bond donors (Lipinski definition) is 0. The molecule has 8 nitrogen and oxygen atoms in total. The van der Waals surface area contributed by atoms with E-state index in [0.717, 1.165) is 27.0 Å². The molecule has 0 bridgehead atoms. The second-order valence-electron chi connectivity index (χ2n) is 8.38. The van der Waals surface area contributed by atoms with Gasteiger partial charge in [0.15, 0.2) is 6.61 Å². The minimum Gasteiger partial charge on any atom is -0.497 e. The lowest BCUT2D eigenvalue weighted by Crippen LogP contribution is -2.38. The van der Waals surface area contributed by atoms with Gasteiger partial charge in [-0.1, -0.05) is 30.4 Å². The Balaban J connectivity index is 1.28. The minimum atomic E-state index is -0.773. The molecule has 2 aliphatic rings. The van der Waals surface area contributed by atoms with Crippen LogP contribution < -0.4 is 4.74 Å². The van der Waals surface area contributed by atoms with Crippen LogP contribution in [0.1, 0.15) is 18.4 Å². The molecule has 3 amide bonds. The van der Waals surface area contributed by atoms with Gasteiger partial charge in [0.25, 0.3) is 5.91 Å². The highest BCUT2D eigenvalue weighted by Crippen LogP contribution is 2.34. The molecule has 1 aliphatic heterocycles. The van der Waals surface area contributed by atoms with Crippen LogP contribution in [0.3, 0.4) is 0 Å². The predicted molar refractivity (Wildman–Crippen MR) is 120 cm³/mol. The summed E-state index contributed by atoms with van der Waals surface area (Å²) >= 11 is 0. The van der Waals surface area contributed by atoms with Crippen LogP contribution in [0.15, 0.2) is 48.6 Å². The summed E-state index contributed by atoms with van der Waals surface area (Å²) in [5.74, 6) is -1.86. The number of rotatable bonds is 7. The first-order valence-corrected chi connectivity index (χ1v) is 10.8. The van der Waals surface area contributed by atoms with Crippen LogP contribution in [-0.4, -0.2) is 60.8 Å². The first-order valence-electron chi connectivity index (χ1n) is 10.8. The van der Waals surface area contributed by atoms with Crippen molar-refractivity contribution in [2.24, 2.45) is 11.8 Å². The summed E-state index contributed by atoms with van der Waals surface area (Å²) in [5.41, 5.74) is 0.930.